The van der Waals surface area contributed by atoms with Gasteiger partial charge in [0, 0.05) is 32.1 Å². The molecule has 0 aromatic carbocycles. The van der Waals surface area contributed by atoms with Crippen molar-refractivity contribution in [1.29, 1.82) is 0 Å². The number of rotatable bonds is 6. The smallest absolute Gasteiger partial charge is 0.219 e. The molecule has 1 heterocycles. The van der Waals surface area contributed by atoms with Crippen LogP contribution in [0.2, 0.25) is 0 Å². The Morgan fingerprint density at radius 3 is 2.47 bits per heavy atom. The maximum absolute atomic E-state index is 11.2. The van der Waals surface area contributed by atoms with Crippen molar-refractivity contribution in [3.8, 4) is 0 Å². The van der Waals surface area contributed by atoms with Crippen LogP contribution in [0.1, 0.15) is 59.3 Å². The zero-order valence-corrected chi connectivity index (χ0v) is 11.7. The maximum Gasteiger partial charge on any atom is 0.219 e. The minimum absolute atomic E-state index is 0.224. The fraction of sp³-hybridized carbons (Fsp3) is 0.929. The zero-order valence-electron chi connectivity index (χ0n) is 11.7. The van der Waals surface area contributed by atoms with E-state index in [4.69, 9.17) is 0 Å². The molecule has 0 spiro atoms. The first-order valence-electron chi connectivity index (χ1n) is 7.18. The van der Waals surface area contributed by atoms with Crippen molar-refractivity contribution in [2.45, 2.75) is 71.4 Å². The molecular formula is C14H28N2O. The molecule has 0 radical (unpaired) electrons. The molecule has 1 aliphatic heterocycles. The summed E-state index contributed by atoms with van der Waals surface area (Å²) in [6.45, 7) is 8.04. The van der Waals surface area contributed by atoms with E-state index < -0.39 is 0 Å². The number of carbonyl (C=O) groups excluding carboxylic acids is 1. The second-order valence-corrected chi connectivity index (χ2v) is 5.19. The Kier molecular flexibility index (Phi) is 6.56. The van der Waals surface area contributed by atoms with E-state index in [1.54, 1.807) is 6.92 Å². The van der Waals surface area contributed by atoms with E-state index in [1.807, 2.05) is 4.90 Å². The van der Waals surface area contributed by atoms with Gasteiger partial charge in [-0.25, -0.2) is 0 Å². The van der Waals surface area contributed by atoms with Crippen molar-refractivity contribution in [3.05, 3.63) is 0 Å². The lowest BCUT2D eigenvalue weighted by Gasteiger charge is -2.34. The van der Waals surface area contributed by atoms with E-state index in [9.17, 15) is 4.79 Å². The lowest BCUT2D eigenvalue weighted by molar-refractivity contribution is -0.129. The Hall–Kier alpha value is -0.570. The van der Waals surface area contributed by atoms with Crippen LogP contribution in [0, 0.1) is 0 Å². The second kappa shape index (κ2) is 7.70. The average molecular weight is 240 g/mol. The van der Waals surface area contributed by atoms with Crippen LogP contribution in [-0.2, 0) is 4.79 Å². The standard InChI is InChI=1S/C14H28N2O/c1-4-6-7-13(5-2)15-14-8-10-16(11-9-14)12(3)17/h13-15H,4-11H2,1-3H3. The van der Waals surface area contributed by atoms with E-state index in [2.05, 4.69) is 19.2 Å². The van der Waals surface area contributed by atoms with Gasteiger partial charge in [0.25, 0.3) is 0 Å². The van der Waals surface area contributed by atoms with Crippen molar-refractivity contribution in [3.63, 3.8) is 0 Å². The van der Waals surface area contributed by atoms with Gasteiger partial charge in [-0.05, 0) is 25.7 Å². The first-order valence-corrected chi connectivity index (χ1v) is 7.18. The van der Waals surface area contributed by atoms with Gasteiger partial charge in [-0.3, -0.25) is 4.79 Å². The summed E-state index contributed by atoms with van der Waals surface area (Å²) in [5, 5.41) is 3.76. The first-order chi connectivity index (χ1) is 8.17. The highest BCUT2D eigenvalue weighted by atomic mass is 16.2. The number of hydrogen-bond acceptors (Lipinski definition) is 2. The molecule has 3 nitrogen and oxygen atoms in total. The number of carbonyl (C=O) groups is 1. The van der Waals surface area contributed by atoms with Gasteiger partial charge in [0.1, 0.15) is 0 Å². The number of piperidine rings is 1. The third-order valence-corrected chi connectivity index (χ3v) is 3.81. The van der Waals surface area contributed by atoms with Crippen LogP contribution < -0.4 is 5.32 Å². The largest absolute Gasteiger partial charge is 0.343 e. The van der Waals surface area contributed by atoms with Crippen LogP contribution in [0.4, 0.5) is 0 Å². The first kappa shape index (κ1) is 14.5. The lowest BCUT2D eigenvalue weighted by atomic mass is 10.0. The molecule has 1 rings (SSSR count). The molecule has 1 amide bonds. The number of unbranched alkanes of at least 4 members (excludes halogenated alkanes) is 1. The third-order valence-electron chi connectivity index (χ3n) is 3.81. The molecule has 1 aliphatic rings. The molecule has 0 aromatic rings. The summed E-state index contributed by atoms with van der Waals surface area (Å²) in [6, 6.07) is 1.29. The predicted molar refractivity (Wildman–Crippen MR) is 72.0 cm³/mol. The van der Waals surface area contributed by atoms with Gasteiger partial charge in [-0.1, -0.05) is 26.7 Å². The summed E-state index contributed by atoms with van der Waals surface area (Å²) in [4.78, 5) is 13.2. The van der Waals surface area contributed by atoms with Crippen molar-refractivity contribution in [1.82, 2.24) is 10.2 Å². The highest BCUT2D eigenvalue weighted by Crippen LogP contribution is 2.13. The molecule has 3 heteroatoms. The van der Waals surface area contributed by atoms with Crippen LogP contribution in [-0.4, -0.2) is 36.0 Å². The van der Waals surface area contributed by atoms with Crippen molar-refractivity contribution in [2.24, 2.45) is 0 Å². The summed E-state index contributed by atoms with van der Waals surface area (Å²) in [7, 11) is 0. The lowest BCUT2D eigenvalue weighted by Crippen LogP contribution is -2.47. The van der Waals surface area contributed by atoms with Crippen LogP contribution in [0.3, 0.4) is 0 Å². The molecule has 0 bridgehead atoms. The van der Waals surface area contributed by atoms with Crippen molar-refractivity contribution in [2.75, 3.05) is 13.1 Å². The Morgan fingerprint density at radius 2 is 2.00 bits per heavy atom. The quantitative estimate of drug-likeness (QED) is 0.774. The molecule has 0 aromatic heterocycles. The number of nitrogens with one attached hydrogen (secondary N) is 1. The monoisotopic (exact) mass is 240 g/mol. The van der Waals surface area contributed by atoms with E-state index in [0.717, 1.165) is 25.9 Å². The maximum atomic E-state index is 11.2. The summed E-state index contributed by atoms with van der Waals surface area (Å²) < 4.78 is 0. The summed E-state index contributed by atoms with van der Waals surface area (Å²) in [6.07, 6.45) is 7.33. The van der Waals surface area contributed by atoms with Crippen molar-refractivity contribution >= 4 is 5.91 Å². The van der Waals surface area contributed by atoms with Gasteiger partial charge in [0.2, 0.25) is 5.91 Å². The SMILES string of the molecule is CCCCC(CC)NC1CCN(C(C)=O)CC1. The highest BCUT2D eigenvalue weighted by Gasteiger charge is 2.21. The molecule has 1 atom stereocenters. The van der Waals surface area contributed by atoms with Crippen LogP contribution >= 0.6 is 0 Å². The van der Waals surface area contributed by atoms with E-state index in [-0.39, 0.29) is 5.91 Å². The van der Waals surface area contributed by atoms with E-state index in [0.29, 0.717) is 12.1 Å². The number of nitrogens with zero attached hydrogens (tertiary/aromatic N) is 1. The summed E-state index contributed by atoms with van der Waals surface area (Å²) in [5.41, 5.74) is 0. The van der Waals surface area contributed by atoms with E-state index >= 15 is 0 Å². The zero-order chi connectivity index (χ0) is 12.7. The number of likely N-dealkylation sites (tertiary alicyclic amines) is 1. The van der Waals surface area contributed by atoms with Crippen molar-refractivity contribution < 1.29 is 4.79 Å². The summed E-state index contributed by atoms with van der Waals surface area (Å²) >= 11 is 0. The average Bonchev–Trinajstić information content (AvgIpc) is 2.35. The van der Waals surface area contributed by atoms with Crippen LogP contribution in [0.25, 0.3) is 0 Å². The van der Waals surface area contributed by atoms with Crippen LogP contribution in [0.15, 0.2) is 0 Å². The Bertz CT molecular complexity index is 222. The Morgan fingerprint density at radius 1 is 1.35 bits per heavy atom. The van der Waals surface area contributed by atoms with Crippen LogP contribution in [0.5, 0.6) is 0 Å². The van der Waals surface area contributed by atoms with E-state index in [1.165, 1.54) is 25.7 Å². The fourth-order valence-corrected chi connectivity index (χ4v) is 2.55. The predicted octanol–water partition coefficient (Wildman–Crippen LogP) is 2.56. The summed E-state index contributed by atoms with van der Waals surface area (Å²) in [5.74, 6) is 0.224. The molecule has 1 fully saturated rings. The minimum atomic E-state index is 0.224. The molecule has 17 heavy (non-hydrogen) atoms. The number of amides is 1. The molecule has 0 saturated carbocycles. The van der Waals surface area contributed by atoms with Gasteiger partial charge >= 0.3 is 0 Å². The third kappa shape index (κ3) is 5.07. The molecule has 0 aliphatic carbocycles. The second-order valence-electron chi connectivity index (χ2n) is 5.19. The Balaban J connectivity index is 2.26. The van der Waals surface area contributed by atoms with Gasteiger partial charge in [-0.2, -0.15) is 0 Å². The number of hydrogen-bond donors (Lipinski definition) is 1. The Labute approximate surface area is 106 Å². The van der Waals surface area contributed by atoms with Gasteiger partial charge in [0.15, 0.2) is 0 Å². The molecule has 1 saturated heterocycles. The normalized spacial score (nSPS) is 19.4. The van der Waals surface area contributed by atoms with Gasteiger partial charge in [0.05, 0.1) is 0 Å². The minimum Gasteiger partial charge on any atom is -0.343 e. The van der Waals surface area contributed by atoms with Gasteiger partial charge in [-0.15, -0.1) is 0 Å². The molecule has 1 unspecified atom stereocenters. The topological polar surface area (TPSA) is 32.3 Å². The van der Waals surface area contributed by atoms with Gasteiger partial charge < -0.3 is 10.2 Å². The fourth-order valence-electron chi connectivity index (χ4n) is 2.55. The molecule has 100 valence electrons. The molecule has 1 N–H and O–H groups in total. The molecular weight excluding hydrogens is 212 g/mol. The highest BCUT2D eigenvalue weighted by molar-refractivity contribution is 5.73.